The summed E-state index contributed by atoms with van der Waals surface area (Å²) >= 11 is 5.98. The first-order valence-corrected chi connectivity index (χ1v) is 7.72. The lowest BCUT2D eigenvalue weighted by atomic mass is 10.1. The van der Waals surface area contributed by atoms with E-state index in [9.17, 15) is 0 Å². The Bertz CT molecular complexity index is 787. The second-order valence-corrected chi connectivity index (χ2v) is 5.68. The molecule has 1 aromatic heterocycles. The number of rotatable bonds is 5. The smallest absolute Gasteiger partial charge is 0.229 e. The van der Waals surface area contributed by atoms with Crippen molar-refractivity contribution in [1.82, 2.24) is 9.97 Å². The van der Waals surface area contributed by atoms with Gasteiger partial charge in [0.05, 0.1) is 0 Å². The topological polar surface area (TPSA) is 49.8 Å². The fourth-order valence-electron chi connectivity index (χ4n) is 2.11. The minimum atomic E-state index is 0.529. The fraction of sp³-hybridized carbons (Fsp3) is 0.111. The van der Waals surface area contributed by atoms with Gasteiger partial charge >= 0.3 is 0 Å². The maximum absolute atomic E-state index is 5.98. The average Bonchev–Trinajstić information content (AvgIpc) is 2.55. The normalized spacial score (nSPS) is 10.3. The molecule has 0 aliphatic carbocycles. The Kier molecular flexibility index (Phi) is 4.74. The summed E-state index contributed by atoms with van der Waals surface area (Å²) in [6.07, 6.45) is 1.72. The lowest BCUT2D eigenvalue weighted by molar-refractivity contribution is 1.08. The van der Waals surface area contributed by atoms with Crippen molar-refractivity contribution in [2.24, 2.45) is 0 Å². The lowest BCUT2D eigenvalue weighted by Gasteiger charge is -2.09. The van der Waals surface area contributed by atoms with Gasteiger partial charge in [0.2, 0.25) is 5.95 Å². The maximum Gasteiger partial charge on any atom is 0.229 e. The van der Waals surface area contributed by atoms with Crippen molar-refractivity contribution in [2.45, 2.75) is 13.5 Å². The van der Waals surface area contributed by atoms with Crippen LogP contribution in [-0.2, 0) is 6.54 Å². The summed E-state index contributed by atoms with van der Waals surface area (Å²) < 4.78 is 0. The van der Waals surface area contributed by atoms with E-state index < -0.39 is 0 Å². The number of nitrogens with one attached hydrogen (secondary N) is 2. The Morgan fingerprint density at radius 2 is 1.87 bits per heavy atom. The molecular weight excluding hydrogens is 308 g/mol. The van der Waals surface area contributed by atoms with Crippen molar-refractivity contribution in [1.29, 1.82) is 0 Å². The highest BCUT2D eigenvalue weighted by Crippen LogP contribution is 2.18. The van der Waals surface area contributed by atoms with Crippen LogP contribution in [0.1, 0.15) is 11.1 Å². The van der Waals surface area contributed by atoms with Crippen molar-refractivity contribution < 1.29 is 0 Å². The number of benzene rings is 2. The van der Waals surface area contributed by atoms with Crippen molar-refractivity contribution >= 4 is 29.1 Å². The summed E-state index contributed by atoms with van der Waals surface area (Å²) in [6.45, 7) is 2.79. The molecule has 116 valence electrons. The summed E-state index contributed by atoms with van der Waals surface area (Å²) in [5, 5.41) is 7.11. The number of aromatic nitrogens is 2. The third-order valence-electron chi connectivity index (χ3n) is 3.33. The molecule has 0 saturated carbocycles. The molecule has 3 rings (SSSR count). The first-order valence-electron chi connectivity index (χ1n) is 7.34. The Morgan fingerprint density at radius 1 is 1.04 bits per heavy atom. The molecule has 0 aliphatic heterocycles. The highest BCUT2D eigenvalue weighted by molar-refractivity contribution is 6.30. The van der Waals surface area contributed by atoms with Gasteiger partial charge in [-0.1, -0.05) is 47.5 Å². The van der Waals surface area contributed by atoms with Crippen LogP contribution in [0.2, 0.25) is 5.02 Å². The van der Waals surface area contributed by atoms with Crippen LogP contribution in [0.5, 0.6) is 0 Å². The van der Waals surface area contributed by atoms with Gasteiger partial charge in [0, 0.05) is 23.5 Å². The van der Waals surface area contributed by atoms with Crippen LogP contribution < -0.4 is 10.6 Å². The van der Waals surface area contributed by atoms with Gasteiger partial charge in [0.25, 0.3) is 0 Å². The van der Waals surface area contributed by atoms with E-state index in [1.807, 2.05) is 30.3 Å². The molecule has 1 heterocycles. The summed E-state index contributed by atoms with van der Waals surface area (Å²) in [6, 6.07) is 17.7. The molecule has 0 amide bonds. The van der Waals surface area contributed by atoms with Crippen LogP contribution >= 0.6 is 11.6 Å². The van der Waals surface area contributed by atoms with Crippen LogP contribution in [0.4, 0.5) is 17.5 Å². The van der Waals surface area contributed by atoms with Crippen molar-refractivity contribution in [2.75, 3.05) is 10.6 Å². The number of hydrogen-bond donors (Lipinski definition) is 2. The molecule has 0 fully saturated rings. The zero-order chi connectivity index (χ0) is 16.1. The van der Waals surface area contributed by atoms with Crippen molar-refractivity contribution in [3.63, 3.8) is 0 Å². The number of hydrogen-bond acceptors (Lipinski definition) is 4. The highest BCUT2D eigenvalue weighted by atomic mass is 35.5. The van der Waals surface area contributed by atoms with E-state index in [4.69, 9.17) is 11.6 Å². The van der Waals surface area contributed by atoms with Gasteiger partial charge < -0.3 is 10.6 Å². The van der Waals surface area contributed by atoms with Gasteiger partial charge in [-0.25, -0.2) is 4.98 Å². The Labute approximate surface area is 140 Å². The first kappa shape index (κ1) is 15.3. The molecule has 23 heavy (non-hydrogen) atoms. The molecule has 0 unspecified atom stereocenters. The van der Waals surface area contributed by atoms with Crippen LogP contribution in [0.25, 0.3) is 0 Å². The number of nitrogens with zero attached hydrogens (tertiary/aromatic N) is 2. The predicted octanol–water partition coefficient (Wildman–Crippen LogP) is 4.79. The summed E-state index contributed by atoms with van der Waals surface area (Å²) in [5.41, 5.74) is 3.32. The quantitative estimate of drug-likeness (QED) is 0.708. The first-order chi connectivity index (χ1) is 11.2. The van der Waals surface area contributed by atoms with Crippen LogP contribution in [0, 0.1) is 6.92 Å². The molecule has 3 aromatic rings. The second-order valence-electron chi connectivity index (χ2n) is 5.24. The van der Waals surface area contributed by atoms with E-state index in [1.54, 1.807) is 6.20 Å². The zero-order valence-electron chi connectivity index (χ0n) is 12.8. The van der Waals surface area contributed by atoms with Gasteiger partial charge in [0.1, 0.15) is 5.82 Å². The molecule has 0 atom stereocenters. The second kappa shape index (κ2) is 7.11. The minimum absolute atomic E-state index is 0.529. The molecule has 0 radical (unpaired) electrons. The molecule has 0 aliphatic rings. The Balaban J connectivity index is 1.66. The third-order valence-corrected chi connectivity index (χ3v) is 3.57. The van der Waals surface area contributed by atoms with E-state index in [0.29, 0.717) is 17.5 Å². The van der Waals surface area contributed by atoms with Gasteiger partial charge in [-0.2, -0.15) is 4.98 Å². The van der Waals surface area contributed by atoms with Gasteiger partial charge in [-0.05, 0) is 36.8 Å². The van der Waals surface area contributed by atoms with Gasteiger partial charge in [-0.15, -0.1) is 0 Å². The Hall–Kier alpha value is -2.59. The molecule has 0 bridgehead atoms. The lowest BCUT2D eigenvalue weighted by Crippen LogP contribution is -2.04. The summed E-state index contributed by atoms with van der Waals surface area (Å²) in [5.74, 6) is 1.30. The molecule has 2 N–H and O–H groups in total. The number of anilines is 3. The molecule has 0 saturated heterocycles. The molecule has 4 nitrogen and oxygen atoms in total. The van der Waals surface area contributed by atoms with E-state index in [0.717, 1.165) is 11.5 Å². The summed E-state index contributed by atoms with van der Waals surface area (Å²) in [4.78, 5) is 8.68. The minimum Gasteiger partial charge on any atom is -0.366 e. The zero-order valence-corrected chi connectivity index (χ0v) is 13.5. The SMILES string of the molecule is Cc1ccc(CNc2ccnc(Nc3cccc(Cl)c3)n2)cc1. The van der Waals surface area contributed by atoms with E-state index >= 15 is 0 Å². The number of halogens is 1. The molecule has 2 aromatic carbocycles. The van der Waals surface area contributed by atoms with Crippen LogP contribution in [-0.4, -0.2) is 9.97 Å². The average molecular weight is 325 g/mol. The molecule has 0 spiro atoms. The highest BCUT2D eigenvalue weighted by Gasteiger charge is 2.01. The van der Waals surface area contributed by atoms with Crippen molar-refractivity contribution in [3.05, 3.63) is 76.9 Å². The predicted molar refractivity (Wildman–Crippen MR) is 95.3 cm³/mol. The Morgan fingerprint density at radius 3 is 2.65 bits per heavy atom. The largest absolute Gasteiger partial charge is 0.366 e. The van der Waals surface area contributed by atoms with Crippen LogP contribution in [0.15, 0.2) is 60.8 Å². The van der Waals surface area contributed by atoms with E-state index in [-0.39, 0.29) is 0 Å². The summed E-state index contributed by atoms with van der Waals surface area (Å²) in [7, 11) is 0. The molecular formula is C18H17ClN4. The van der Waals surface area contributed by atoms with E-state index in [1.165, 1.54) is 11.1 Å². The van der Waals surface area contributed by atoms with Crippen LogP contribution in [0.3, 0.4) is 0 Å². The number of aryl methyl sites for hydroxylation is 1. The maximum atomic E-state index is 5.98. The standard InChI is InChI=1S/C18H17ClN4/c1-13-5-7-14(8-6-13)12-21-17-9-10-20-18(23-17)22-16-4-2-3-15(19)11-16/h2-11H,12H2,1H3,(H2,20,21,22,23). The third kappa shape index (κ3) is 4.44. The van der Waals surface area contributed by atoms with Gasteiger partial charge in [-0.3, -0.25) is 0 Å². The molecule has 5 heteroatoms. The fourth-order valence-corrected chi connectivity index (χ4v) is 2.30. The monoisotopic (exact) mass is 324 g/mol. The van der Waals surface area contributed by atoms with E-state index in [2.05, 4.69) is 51.8 Å². The van der Waals surface area contributed by atoms with Crippen molar-refractivity contribution in [3.8, 4) is 0 Å². The van der Waals surface area contributed by atoms with Gasteiger partial charge in [0.15, 0.2) is 0 Å².